The molecule has 0 fully saturated rings. The van der Waals surface area contributed by atoms with Gasteiger partial charge in [0.25, 0.3) is 0 Å². The van der Waals surface area contributed by atoms with Crippen LogP contribution in [0.25, 0.3) is 0 Å². The van der Waals surface area contributed by atoms with Crippen LogP contribution >= 0.6 is 15.9 Å². The maximum absolute atomic E-state index is 13.2. The van der Waals surface area contributed by atoms with Crippen molar-refractivity contribution < 1.29 is 8.78 Å². The minimum Gasteiger partial charge on any atom is -0.320 e. The summed E-state index contributed by atoms with van der Waals surface area (Å²) in [5, 5.41) is 0. The molecule has 0 spiro atoms. The van der Waals surface area contributed by atoms with Crippen molar-refractivity contribution >= 4 is 15.9 Å². The minimum absolute atomic E-state index is 0.465. The zero-order chi connectivity index (χ0) is 13.3. The molecule has 2 N–H and O–H groups in total. The molecule has 0 amide bonds. The Morgan fingerprint density at radius 2 is 1.78 bits per heavy atom. The molecule has 0 aromatic heterocycles. The highest BCUT2D eigenvalue weighted by atomic mass is 79.9. The molecule has 1 atom stereocenters. The van der Waals surface area contributed by atoms with Crippen LogP contribution in [0, 0.1) is 18.6 Å². The molecule has 0 bridgehead atoms. The van der Waals surface area contributed by atoms with Crippen molar-refractivity contribution in [2.75, 3.05) is 0 Å². The maximum Gasteiger partial charge on any atom is 0.159 e. The minimum atomic E-state index is -0.877. The Morgan fingerprint density at radius 3 is 2.39 bits per heavy atom. The number of benzene rings is 2. The SMILES string of the molecule is Cc1cc(Br)ccc1C(N)c1ccc(F)c(F)c1. The van der Waals surface area contributed by atoms with Gasteiger partial charge < -0.3 is 5.73 Å². The van der Waals surface area contributed by atoms with E-state index in [1.807, 2.05) is 25.1 Å². The van der Waals surface area contributed by atoms with Gasteiger partial charge in [0.1, 0.15) is 0 Å². The van der Waals surface area contributed by atoms with E-state index < -0.39 is 17.7 Å². The monoisotopic (exact) mass is 311 g/mol. The van der Waals surface area contributed by atoms with Crippen molar-refractivity contribution in [3.8, 4) is 0 Å². The van der Waals surface area contributed by atoms with E-state index >= 15 is 0 Å². The number of halogens is 3. The largest absolute Gasteiger partial charge is 0.320 e. The first-order valence-corrected chi connectivity index (χ1v) is 6.25. The highest BCUT2D eigenvalue weighted by Crippen LogP contribution is 2.26. The fourth-order valence-corrected chi connectivity index (χ4v) is 2.35. The van der Waals surface area contributed by atoms with Crippen molar-refractivity contribution in [3.05, 3.63) is 69.2 Å². The molecule has 4 heteroatoms. The van der Waals surface area contributed by atoms with E-state index in [-0.39, 0.29) is 0 Å². The summed E-state index contributed by atoms with van der Waals surface area (Å²) < 4.78 is 27.0. The molecule has 0 radical (unpaired) electrons. The summed E-state index contributed by atoms with van der Waals surface area (Å²) in [7, 11) is 0. The summed E-state index contributed by atoms with van der Waals surface area (Å²) in [4.78, 5) is 0. The Hall–Kier alpha value is -1.26. The average molecular weight is 312 g/mol. The molecule has 0 heterocycles. The van der Waals surface area contributed by atoms with Crippen LogP contribution in [-0.4, -0.2) is 0 Å². The van der Waals surface area contributed by atoms with Crippen molar-refractivity contribution in [2.24, 2.45) is 5.73 Å². The van der Waals surface area contributed by atoms with Crippen molar-refractivity contribution in [1.29, 1.82) is 0 Å². The van der Waals surface area contributed by atoms with Gasteiger partial charge in [-0.1, -0.05) is 28.1 Å². The van der Waals surface area contributed by atoms with Gasteiger partial charge in [-0.15, -0.1) is 0 Å². The predicted molar refractivity (Wildman–Crippen MR) is 71.3 cm³/mol. The molecule has 2 aromatic rings. The van der Waals surface area contributed by atoms with Gasteiger partial charge >= 0.3 is 0 Å². The molecule has 0 aliphatic rings. The molecule has 1 unspecified atom stereocenters. The fourth-order valence-electron chi connectivity index (χ4n) is 1.87. The predicted octanol–water partition coefficient (Wildman–Crippen LogP) is 4.08. The molecule has 0 saturated carbocycles. The highest BCUT2D eigenvalue weighted by molar-refractivity contribution is 9.10. The van der Waals surface area contributed by atoms with E-state index in [1.54, 1.807) is 0 Å². The maximum atomic E-state index is 13.2. The third kappa shape index (κ3) is 2.60. The van der Waals surface area contributed by atoms with E-state index in [0.29, 0.717) is 5.56 Å². The average Bonchev–Trinajstić information content (AvgIpc) is 2.32. The van der Waals surface area contributed by atoms with Gasteiger partial charge in [-0.2, -0.15) is 0 Å². The zero-order valence-corrected chi connectivity index (χ0v) is 11.3. The molecule has 0 aliphatic carbocycles. The van der Waals surface area contributed by atoms with E-state index in [0.717, 1.165) is 27.7 Å². The lowest BCUT2D eigenvalue weighted by molar-refractivity contribution is 0.506. The molecule has 1 nitrogen and oxygen atoms in total. The van der Waals surface area contributed by atoms with Crippen LogP contribution < -0.4 is 5.73 Å². The molecule has 94 valence electrons. The second-order valence-corrected chi connectivity index (χ2v) is 5.07. The molecule has 18 heavy (non-hydrogen) atoms. The van der Waals surface area contributed by atoms with Gasteiger partial charge in [0.15, 0.2) is 11.6 Å². The molecular formula is C14H12BrF2N. The molecule has 0 saturated heterocycles. The summed E-state index contributed by atoms with van der Waals surface area (Å²) >= 11 is 3.37. The second-order valence-electron chi connectivity index (χ2n) is 4.15. The summed E-state index contributed by atoms with van der Waals surface area (Å²) in [6.45, 7) is 1.93. The van der Waals surface area contributed by atoms with Crippen molar-refractivity contribution in [3.63, 3.8) is 0 Å². The second kappa shape index (κ2) is 5.16. The van der Waals surface area contributed by atoms with E-state index in [4.69, 9.17) is 5.73 Å². The Bertz CT molecular complexity index is 584. The van der Waals surface area contributed by atoms with Gasteiger partial charge in [0.2, 0.25) is 0 Å². The number of nitrogens with two attached hydrogens (primary N) is 1. The van der Waals surface area contributed by atoms with Gasteiger partial charge in [0, 0.05) is 4.47 Å². The first kappa shape index (κ1) is 13.2. The number of hydrogen-bond acceptors (Lipinski definition) is 1. The molecule has 2 aromatic carbocycles. The zero-order valence-electron chi connectivity index (χ0n) is 9.75. The Balaban J connectivity index is 2.41. The van der Waals surface area contributed by atoms with Crippen LogP contribution in [0.3, 0.4) is 0 Å². The van der Waals surface area contributed by atoms with Crippen molar-refractivity contribution in [1.82, 2.24) is 0 Å². The standard InChI is InChI=1S/C14H12BrF2N/c1-8-6-10(15)3-4-11(8)14(18)9-2-5-12(16)13(17)7-9/h2-7,14H,18H2,1H3. The summed E-state index contributed by atoms with van der Waals surface area (Å²) in [6, 6.07) is 8.97. The lowest BCUT2D eigenvalue weighted by Gasteiger charge is -2.15. The first-order valence-electron chi connectivity index (χ1n) is 5.45. The number of hydrogen-bond donors (Lipinski definition) is 1. The van der Waals surface area contributed by atoms with Gasteiger partial charge in [-0.25, -0.2) is 8.78 Å². The summed E-state index contributed by atoms with van der Waals surface area (Å²) in [6.07, 6.45) is 0. The molecule has 2 rings (SSSR count). The summed E-state index contributed by atoms with van der Waals surface area (Å²) in [5.74, 6) is -1.74. The van der Waals surface area contributed by atoms with Gasteiger partial charge in [-0.3, -0.25) is 0 Å². The number of rotatable bonds is 2. The van der Waals surface area contributed by atoms with E-state index in [2.05, 4.69) is 15.9 Å². The Labute approximate surface area is 113 Å². The summed E-state index contributed by atoms with van der Waals surface area (Å²) in [5.41, 5.74) is 8.53. The van der Waals surface area contributed by atoms with Crippen LogP contribution in [0.1, 0.15) is 22.7 Å². The smallest absolute Gasteiger partial charge is 0.159 e. The van der Waals surface area contributed by atoms with Gasteiger partial charge in [-0.05, 0) is 47.9 Å². The van der Waals surface area contributed by atoms with Crippen LogP contribution in [0.5, 0.6) is 0 Å². The van der Waals surface area contributed by atoms with Crippen molar-refractivity contribution in [2.45, 2.75) is 13.0 Å². The third-order valence-electron chi connectivity index (χ3n) is 2.87. The molecule has 0 aliphatic heterocycles. The Morgan fingerprint density at radius 1 is 1.06 bits per heavy atom. The van der Waals surface area contributed by atoms with E-state index in [1.165, 1.54) is 6.07 Å². The third-order valence-corrected chi connectivity index (χ3v) is 3.36. The first-order chi connectivity index (χ1) is 8.49. The Kier molecular flexibility index (Phi) is 3.78. The van der Waals surface area contributed by atoms with Gasteiger partial charge in [0.05, 0.1) is 6.04 Å². The quantitative estimate of drug-likeness (QED) is 0.888. The van der Waals surface area contributed by atoms with Crippen LogP contribution in [0.2, 0.25) is 0 Å². The lowest BCUT2D eigenvalue weighted by atomic mass is 9.96. The van der Waals surface area contributed by atoms with Crippen LogP contribution in [-0.2, 0) is 0 Å². The fraction of sp³-hybridized carbons (Fsp3) is 0.143. The molecular weight excluding hydrogens is 300 g/mol. The van der Waals surface area contributed by atoms with E-state index in [9.17, 15) is 8.78 Å². The van der Waals surface area contributed by atoms with Crippen LogP contribution in [0.15, 0.2) is 40.9 Å². The number of aryl methyl sites for hydroxylation is 1. The van der Waals surface area contributed by atoms with Crippen LogP contribution in [0.4, 0.5) is 8.78 Å². The lowest BCUT2D eigenvalue weighted by Crippen LogP contribution is -2.13. The normalized spacial score (nSPS) is 12.5. The topological polar surface area (TPSA) is 26.0 Å². The highest BCUT2D eigenvalue weighted by Gasteiger charge is 2.13.